The molecule has 0 saturated heterocycles. The van der Waals surface area contributed by atoms with E-state index in [9.17, 15) is 9.59 Å². The van der Waals surface area contributed by atoms with Gasteiger partial charge < -0.3 is 20.0 Å². The largest absolute Gasteiger partial charge is 0.481 e. The molecule has 0 saturated carbocycles. The van der Waals surface area contributed by atoms with E-state index in [1.165, 1.54) is 11.3 Å². The highest BCUT2D eigenvalue weighted by Gasteiger charge is 2.30. The summed E-state index contributed by atoms with van der Waals surface area (Å²) in [4.78, 5) is 52.2. The summed E-state index contributed by atoms with van der Waals surface area (Å²) < 4.78 is 0.964. The lowest BCUT2D eigenvalue weighted by Crippen LogP contribution is -2.28. The lowest BCUT2D eigenvalue weighted by Gasteiger charge is -2.23. The van der Waals surface area contributed by atoms with Crippen LogP contribution >= 0.6 is 11.3 Å². The molecular formula is C35H51N5O5S. The second-order valence-electron chi connectivity index (χ2n) is 9.69. The minimum absolute atomic E-state index is 0.270. The van der Waals surface area contributed by atoms with Crippen LogP contribution in [0.4, 0.5) is 9.93 Å². The first-order valence-corrected chi connectivity index (χ1v) is 16.0. The number of aliphatic carboxylic acids is 1. The number of allylic oxidation sites excluding steroid dienone is 3. The number of hydrogen-bond acceptors (Lipinski definition) is 8. The van der Waals surface area contributed by atoms with Crippen LogP contribution in [0.1, 0.15) is 86.6 Å². The number of carboxylic acid groups (broad SMARTS) is 1. The molecule has 0 spiro atoms. The molecule has 0 fully saturated rings. The third-order valence-electron chi connectivity index (χ3n) is 6.18. The Morgan fingerprint density at radius 2 is 1.67 bits per heavy atom. The van der Waals surface area contributed by atoms with Gasteiger partial charge in [-0.05, 0) is 75.9 Å². The second kappa shape index (κ2) is 24.8. The van der Waals surface area contributed by atoms with Crippen LogP contribution in [-0.2, 0) is 14.4 Å². The van der Waals surface area contributed by atoms with Gasteiger partial charge in [0, 0.05) is 30.2 Å². The number of nitrogens with zero attached hydrogens (tertiary/aromatic N) is 3. The second-order valence-corrected chi connectivity index (χ2v) is 10.7. The van der Waals surface area contributed by atoms with Crippen LogP contribution in [0.15, 0.2) is 59.9 Å². The van der Waals surface area contributed by atoms with E-state index in [0.717, 1.165) is 64.0 Å². The van der Waals surface area contributed by atoms with Crippen LogP contribution in [0.25, 0.3) is 27.0 Å². The van der Waals surface area contributed by atoms with Gasteiger partial charge in [0.1, 0.15) is 13.6 Å². The topological polar surface area (TPSA) is 151 Å². The molecule has 2 amide bonds. The zero-order valence-electron chi connectivity index (χ0n) is 28.6. The van der Waals surface area contributed by atoms with Crippen LogP contribution in [-0.4, -0.2) is 53.4 Å². The molecule has 1 aromatic carbocycles. The van der Waals surface area contributed by atoms with Crippen LogP contribution in [0.3, 0.4) is 0 Å². The number of benzene rings is 1. The molecule has 252 valence electrons. The summed E-state index contributed by atoms with van der Waals surface area (Å²) in [6, 6.07) is 9.62. The molecule has 3 N–H and O–H groups in total. The van der Waals surface area contributed by atoms with Crippen molar-refractivity contribution in [2.24, 2.45) is 10.4 Å². The molecule has 0 radical (unpaired) electrons. The van der Waals surface area contributed by atoms with Crippen LogP contribution in [0, 0.1) is 5.41 Å². The van der Waals surface area contributed by atoms with E-state index < -0.39 is 11.4 Å². The van der Waals surface area contributed by atoms with Gasteiger partial charge >= 0.3 is 12.0 Å². The predicted molar refractivity (Wildman–Crippen MR) is 194 cm³/mol. The molecule has 10 nitrogen and oxygen atoms in total. The summed E-state index contributed by atoms with van der Waals surface area (Å²) in [5.41, 5.74) is 4.78. The van der Waals surface area contributed by atoms with Crippen molar-refractivity contribution in [2.75, 3.05) is 11.9 Å². The van der Waals surface area contributed by atoms with Gasteiger partial charge in [0.25, 0.3) is 0 Å². The number of pyridine rings is 1. The van der Waals surface area contributed by atoms with Crippen molar-refractivity contribution in [2.45, 2.75) is 81.1 Å². The molecule has 0 atom stereocenters. The Morgan fingerprint density at radius 3 is 2.13 bits per heavy atom. The molecule has 3 aromatic rings. The van der Waals surface area contributed by atoms with Crippen molar-refractivity contribution < 1.29 is 24.3 Å². The minimum atomic E-state index is -0.652. The minimum Gasteiger partial charge on any atom is -0.481 e. The Morgan fingerprint density at radius 1 is 1.07 bits per heavy atom. The maximum atomic E-state index is 11.9. The van der Waals surface area contributed by atoms with E-state index in [4.69, 9.17) is 14.7 Å². The molecular weight excluding hydrogens is 602 g/mol. The number of fused-ring (bicyclic) bond motifs is 1. The van der Waals surface area contributed by atoms with Gasteiger partial charge in [-0.15, -0.1) is 0 Å². The van der Waals surface area contributed by atoms with Gasteiger partial charge in [-0.1, -0.05) is 70.6 Å². The smallest absolute Gasteiger partial charge is 0.321 e. The van der Waals surface area contributed by atoms with E-state index in [-0.39, 0.29) is 6.03 Å². The fourth-order valence-corrected chi connectivity index (χ4v) is 5.17. The number of thiazole rings is 1. The van der Waals surface area contributed by atoms with Crippen molar-refractivity contribution in [3.63, 3.8) is 0 Å². The Labute approximate surface area is 278 Å². The van der Waals surface area contributed by atoms with E-state index in [0.29, 0.717) is 11.7 Å². The first-order valence-electron chi connectivity index (χ1n) is 15.2. The number of aliphatic imine (C=N–C) groups is 1. The first kappa shape index (κ1) is 43.6. The highest BCUT2D eigenvalue weighted by atomic mass is 32.1. The number of rotatable bonds is 11. The zero-order chi connectivity index (χ0) is 35.7. The molecule has 0 bridgehead atoms. The van der Waals surface area contributed by atoms with Crippen molar-refractivity contribution in [1.29, 1.82) is 0 Å². The number of carbonyl (C=O) groups excluding carboxylic acids is 3. The van der Waals surface area contributed by atoms with E-state index in [2.05, 4.69) is 38.2 Å². The Kier molecular flexibility index (Phi) is 23.5. The number of nitrogens with one attached hydrogen (secondary N) is 2. The number of hydrogen-bond donors (Lipinski definition) is 3. The van der Waals surface area contributed by atoms with E-state index in [1.54, 1.807) is 12.4 Å². The zero-order valence-corrected chi connectivity index (χ0v) is 29.4. The maximum Gasteiger partial charge on any atom is 0.321 e. The average Bonchev–Trinajstić information content (AvgIpc) is 3.47. The molecule has 2 heterocycles. The molecule has 2 aromatic heterocycles. The highest BCUT2D eigenvalue weighted by Crippen LogP contribution is 2.37. The fraction of sp³-hybridized carbons (Fsp3) is 0.400. The number of aromatic nitrogens is 2. The number of carboxylic acids is 1. The standard InChI is InChI=1S/C22H23N5OS.C9H18O2.C2H6.2CH2O/c1-5-15(13-25-14(3)4)16-11-17(18-9-7-8-10-24-18)20-19(12-16)26-22(29-20)27-21(28)23-6-2;1-4-6-9(3,7-5-2)8(10)11;3*1-2/h5,7-13H,3,6H2,1-2,4H3,(H2,23,26,27,28);4-7H2,1-3H3,(H,10,11);1-2H3;2*1H2/b15-5+,25-13?;;;;. The van der Waals surface area contributed by atoms with E-state index >= 15 is 0 Å². The third-order valence-corrected chi connectivity index (χ3v) is 7.20. The Bertz CT molecular complexity index is 1400. The Balaban J connectivity index is 0. The van der Waals surface area contributed by atoms with Crippen molar-refractivity contribution in [1.82, 2.24) is 15.3 Å². The normalized spacial score (nSPS) is 10.5. The van der Waals surface area contributed by atoms with Crippen LogP contribution in [0.5, 0.6) is 0 Å². The van der Waals surface area contributed by atoms with Gasteiger partial charge in [0.2, 0.25) is 0 Å². The number of amides is 2. The summed E-state index contributed by atoms with van der Waals surface area (Å²) in [5.74, 6) is -0.652. The van der Waals surface area contributed by atoms with E-state index in [1.807, 2.05) is 99.3 Å². The summed E-state index contributed by atoms with van der Waals surface area (Å²) in [7, 11) is 0. The molecule has 11 heteroatoms. The lowest BCUT2D eigenvalue weighted by atomic mass is 9.81. The van der Waals surface area contributed by atoms with Gasteiger partial charge in [0.15, 0.2) is 5.13 Å². The van der Waals surface area contributed by atoms with Crippen LogP contribution < -0.4 is 10.6 Å². The first-order chi connectivity index (χ1) is 22.1. The lowest BCUT2D eigenvalue weighted by molar-refractivity contribution is -0.148. The van der Waals surface area contributed by atoms with Gasteiger partial charge in [0.05, 0.1) is 21.3 Å². The molecule has 46 heavy (non-hydrogen) atoms. The van der Waals surface area contributed by atoms with Gasteiger partial charge in [-0.25, -0.2) is 9.78 Å². The van der Waals surface area contributed by atoms with Crippen molar-refractivity contribution >= 4 is 64.1 Å². The molecule has 0 aliphatic carbocycles. The monoisotopic (exact) mass is 653 g/mol. The highest BCUT2D eigenvalue weighted by molar-refractivity contribution is 7.22. The molecule has 0 aliphatic rings. The van der Waals surface area contributed by atoms with Crippen LogP contribution in [0.2, 0.25) is 0 Å². The fourth-order valence-electron chi connectivity index (χ4n) is 4.20. The SMILES string of the molecule is C=C(C)N=C/C(=C\C)c1cc(-c2ccccn2)c2sc(NC(=O)NCC)nc2c1.C=O.C=O.CC.CCCC(C)(CCC)C(=O)O. The number of anilines is 1. The van der Waals surface area contributed by atoms with Gasteiger partial charge in [-0.3, -0.25) is 20.1 Å². The summed E-state index contributed by atoms with van der Waals surface area (Å²) in [5, 5.41) is 15.0. The summed E-state index contributed by atoms with van der Waals surface area (Å²) in [6.45, 7) is 23.9. The maximum absolute atomic E-state index is 11.9. The number of urea groups is 1. The summed E-state index contributed by atoms with van der Waals surface area (Å²) in [6.07, 6.45) is 9.03. The van der Waals surface area contributed by atoms with Crippen molar-refractivity contribution in [3.8, 4) is 11.3 Å². The molecule has 0 unspecified atom stereocenters. The average molecular weight is 654 g/mol. The summed E-state index contributed by atoms with van der Waals surface area (Å²) >= 11 is 1.43. The Hall–Kier alpha value is -4.51. The third kappa shape index (κ3) is 14.5. The number of carbonyl (C=O) groups is 4. The molecule has 0 aliphatic heterocycles. The predicted octanol–water partition coefficient (Wildman–Crippen LogP) is 8.84. The van der Waals surface area contributed by atoms with Crippen molar-refractivity contribution in [3.05, 3.63) is 60.4 Å². The van der Waals surface area contributed by atoms with Gasteiger partial charge in [-0.2, -0.15) is 0 Å². The molecule has 3 rings (SSSR count). The quantitative estimate of drug-likeness (QED) is 0.175.